The molecule has 132 valence electrons. The maximum Gasteiger partial charge on any atom is 0.362 e. The van der Waals surface area contributed by atoms with Crippen molar-refractivity contribution in [3.8, 4) is 0 Å². The molecule has 2 fully saturated rings. The molecule has 6 nitrogen and oxygen atoms in total. The quantitative estimate of drug-likeness (QED) is 0.499. The van der Waals surface area contributed by atoms with Gasteiger partial charge in [-0.15, -0.1) is 11.3 Å². The number of esters is 1. The Hall–Kier alpha value is -1.63. The van der Waals surface area contributed by atoms with Crippen molar-refractivity contribution in [2.45, 2.75) is 58.0 Å². The van der Waals surface area contributed by atoms with Gasteiger partial charge in [-0.2, -0.15) is 0 Å². The van der Waals surface area contributed by atoms with Gasteiger partial charge in [-0.3, -0.25) is 0 Å². The Morgan fingerprint density at radius 3 is 2.83 bits per heavy atom. The third-order valence-corrected chi connectivity index (χ3v) is 5.69. The van der Waals surface area contributed by atoms with Crippen LogP contribution in [0.2, 0.25) is 0 Å². The average molecular weight is 351 g/mol. The number of nitrogens with zero attached hydrogens (tertiary/aromatic N) is 2. The number of hydrogen-bond donors (Lipinski definition) is 1. The van der Waals surface area contributed by atoms with E-state index in [1.807, 2.05) is 0 Å². The standard InChI is InChI=1S/C17H25N3O3S/c1-2-22-16(21)15(14-10-24-17(18)19-14)20-23-13-8-7-11-5-3-4-6-12(11)9-13/h10-13H,2-9H2,1H3,(H2,18,19). The highest BCUT2D eigenvalue weighted by Crippen LogP contribution is 2.41. The molecule has 2 aliphatic rings. The molecule has 2 saturated carbocycles. The smallest absolute Gasteiger partial charge is 0.362 e. The summed E-state index contributed by atoms with van der Waals surface area (Å²) in [6, 6.07) is 0. The first kappa shape index (κ1) is 17.2. The molecule has 2 N–H and O–H groups in total. The molecule has 1 aromatic heterocycles. The van der Waals surface area contributed by atoms with E-state index in [0.29, 0.717) is 10.8 Å². The molecule has 7 heteroatoms. The lowest BCUT2D eigenvalue weighted by molar-refractivity contribution is -0.135. The fraction of sp³-hybridized carbons (Fsp3) is 0.706. The van der Waals surface area contributed by atoms with Gasteiger partial charge in [0.05, 0.1) is 6.61 Å². The number of carbonyl (C=O) groups excluding carboxylic acids is 1. The Morgan fingerprint density at radius 1 is 1.33 bits per heavy atom. The van der Waals surface area contributed by atoms with Gasteiger partial charge < -0.3 is 15.3 Å². The second-order valence-electron chi connectivity index (χ2n) is 6.58. The molecule has 1 aromatic rings. The molecule has 1 heterocycles. The van der Waals surface area contributed by atoms with Crippen LogP contribution in [0.3, 0.4) is 0 Å². The van der Waals surface area contributed by atoms with E-state index in [0.717, 1.165) is 24.7 Å². The zero-order valence-corrected chi connectivity index (χ0v) is 14.9. The van der Waals surface area contributed by atoms with E-state index >= 15 is 0 Å². The Kier molecular flexibility index (Phi) is 5.71. The fourth-order valence-corrected chi connectivity index (χ4v) is 4.39. The van der Waals surface area contributed by atoms with Crippen LogP contribution in [0.4, 0.5) is 5.13 Å². The Morgan fingerprint density at radius 2 is 2.12 bits per heavy atom. The van der Waals surface area contributed by atoms with Gasteiger partial charge in [0, 0.05) is 5.38 Å². The molecule has 3 atom stereocenters. The number of nitrogen functional groups attached to an aromatic ring is 1. The number of thiazole rings is 1. The summed E-state index contributed by atoms with van der Waals surface area (Å²) in [4.78, 5) is 22.0. The minimum Gasteiger partial charge on any atom is -0.461 e. The summed E-state index contributed by atoms with van der Waals surface area (Å²) in [5, 5.41) is 6.21. The lowest BCUT2D eigenvalue weighted by atomic mass is 9.70. The number of nitrogens with two attached hydrogens (primary N) is 1. The third-order valence-electron chi connectivity index (χ3n) is 5.02. The summed E-state index contributed by atoms with van der Waals surface area (Å²) in [5.74, 6) is 1.08. The van der Waals surface area contributed by atoms with Crippen molar-refractivity contribution in [2.75, 3.05) is 12.3 Å². The van der Waals surface area contributed by atoms with Gasteiger partial charge in [0.15, 0.2) is 5.13 Å². The predicted octanol–water partition coefficient (Wildman–Crippen LogP) is 3.37. The number of ether oxygens (including phenoxy) is 1. The van der Waals surface area contributed by atoms with Crippen LogP contribution in [-0.2, 0) is 14.4 Å². The highest BCUT2D eigenvalue weighted by atomic mass is 32.1. The van der Waals surface area contributed by atoms with Crippen LogP contribution in [0.25, 0.3) is 0 Å². The molecular weight excluding hydrogens is 326 g/mol. The minimum absolute atomic E-state index is 0.0739. The van der Waals surface area contributed by atoms with E-state index in [4.69, 9.17) is 15.3 Å². The van der Waals surface area contributed by atoms with Crippen molar-refractivity contribution in [2.24, 2.45) is 17.0 Å². The van der Waals surface area contributed by atoms with Crippen LogP contribution in [-0.4, -0.2) is 29.4 Å². The van der Waals surface area contributed by atoms with E-state index in [9.17, 15) is 4.79 Å². The van der Waals surface area contributed by atoms with E-state index in [-0.39, 0.29) is 18.4 Å². The maximum atomic E-state index is 12.1. The van der Waals surface area contributed by atoms with Gasteiger partial charge in [-0.25, -0.2) is 9.78 Å². The molecule has 0 radical (unpaired) electrons. The zero-order chi connectivity index (χ0) is 16.9. The van der Waals surface area contributed by atoms with Crippen molar-refractivity contribution in [1.29, 1.82) is 0 Å². The fourth-order valence-electron chi connectivity index (χ4n) is 3.84. The maximum absolute atomic E-state index is 12.1. The molecule has 0 aromatic carbocycles. The lowest BCUT2D eigenvalue weighted by Crippen LogP contribution is -2.31. The molecule has 0 spiro atoms. The first-order valence-electron chi connectivity index (χ1n) is 8.79. The minimum atomic E-state index is -0.519. The zero-order valence-electron chi connectivity index (χ0n) is 14.1. The van der Waals surface area contributed by atoms with E-state index < -0.39 is 5.97 Å². The van der Waals surface area contributed by atoms with Crippen LogP contribution in [0, 0.1) is 11.8 Å². The topological polar surface area (TPSA) is 86.8 Å². The summed E-state index contributed by atoms with van der Waals surface area (Å²) >= 11 is 1.27. The summed E-state index contributed by atoms with van der Waals surface area (Å²) in [6.45, 7) is 2.04. The molecule has 0 bridgehead atoms. The summed E-state index contributed by atoms with van der Waals surface area (Å²) < 4.78 is 5.07. The molecular formula is C17H25N3O3S. The molecule has 3 rings (SSSR count). The normalized spacial score (nSPS) is 27.4. The predicted molar refractivity (Wildman–Crippen MR) is 93.9 cm³/mol. The van der Waals surface area contributed by atoms with E-state index in [2.05, 4.69) is 10.1 Å². The Bertz CT molecular complexity index is 602. The van der Waals surface area contributed by atoms with Gasteiger partial charge in [0.25, 0.3) is 0 Å². The van der Waals surface area contributed by atoms with Crippen molar-refractivity contribution in [3.05, 3.63) is 11.1 Å². The van der Waals surface area contributed by atoms with Gasteiger partial charge in [-0.1, -0.05) is 30.8 Å². The number of carbonyl (C=O) groups is 1. The highest BCUT2D eigenvalue weighted by molar-refractivity contribution is 7.13. The Labute approximate surface area is 146 Å². The second-order valence-corrected chi connectivity index (χ2v) is 7.47. The van der Waals surface area contributed by atoms with Crippen molar-refractivity contribution in [1.82, 2.24) is 4.98 Å². The van der Waals surface area contributed by atoms with Gasteiger partial charge >= 0.3 is 5.97 Å². The average Bonchev–Trinajstić information content (AvgIpc) is 3.01. The summed E-state index contributed by atoms with van der Waals surface area (Å²) in [5.41, 5.74) is 6.19. The molecule has 0 saturated heterocycles. The van der Waals surface area contributed by atoms with Gasteiger partial charge in [0.2, 0.25) is 5.71 Å². The Balaban J connectivity index is 1.67. The molecule has 0 amide bonds. The van der Waals surface area contributed by atoms with E-state index in [1.165, 1.54) is 43.4 Å². The third kappa shape index (κ3) is 4.06. The summed E-state index contributed by atoms with van der Waals surface area (Å²) in [6.07, 6.45) is 8.64. The monoisotopic (exact) mass is 351 g/mol. The van der Waals surface area contributed by atoms with Crippen LogP contribution in [0.1, 0.15) is 57.6 Å². The van der Waals surface area contributed by atoms with Crippen LogP contribution in [0.5, 0.6) is 0 Å². The molecule has 24 heavy (non-hydrogen) atoms. The number of fused-ring (bicyclic) bond motifs is 1. The van der Waals surface area contributed by atoms with Crippen LogP contribution >= 0.6 is 11.3 Å². The van der Waals surface area contributed by atoms with Gasteiger partial charge in [0.1, 0.15) is 11.8 Å². The number of hydrogen-bond acceptors (Lipinski definition) is 7. The summed E-state index contributed by atoms with van der Waals surface area (Å²) in [7, 11) is 0. The highest BCUT2D eigenvalue weighted by Gasteiger charge is 2.33. The number of aromatic nitrogens is 1. The number of oxime groups is 1. The van der Waals surface area contributed by atoms with Crippen LogP contribution in [0.15, 0.2) is 10.5 Å². The van der Waals surface area contributed by atoms with Gasteiger partial charge in [-0.05, 0) is 38.0 Å². The molecule has 3 unspecified atom stereocenters. The number of anilines is 1. The van der Waals surface area contributed by atoms with Crippen molar-refractivity contribution < 1.29 is 14.4 Å². The second kappa shape index (κ2) is 7.96. The van der Waals surface area contributed by atoms with E-state index in [1.54, 1.807) is 12.3 Å². The SMILES string of the molecule is CCOC(=O)C(=NOC1CCC2CCCCC2C1)c1csc(N)n1. The van der Waals surface area contributed by atoms with Crippen molar-refractivity contribution >= 4 is 28.1 Å². The first-order valence-corrected chi connectivity index (χ1v) is 9.67. The largest absolute Gasteiger partial charge is 0.461 e. The van der Waals surface area contributed by atoms with Crippen molar-refractivity contribution in [3.63, 3.8) is 0 Å². The number of rotatable bonds is 5. The lowest BCUT2D eigenvalue weighted by Gasteiger charge is -2.38. The first-order chi connectivity index (χ1) is 11.7. The molecule has 2 aliphatic carbocycles. The van der Waals surface area contributed by atoms with Crippen LogP contribution < -0.4 is 5.73 Å². The molecule has 0 aliphatic heterocycles.